The van der Waals surface area contributed by atoms with Crippen LogP contribution in [0.3, 0.4) is 0 Å². The quantitative estimate of drug-likeness (QED) is 0.170. The Morgan fingerprint density at radius 2 is 1.45 bits per heavy atom. The summed E-state index contributed by atoms with van der Waals surface area (Å²) in [6, 6.07) is -2.92. The molecule has 256 valence electrons. The molecule has 0 spiro atoms. The maximum absolute atomic E-state index is 13.6. The van der Waals surface area contributed by atoms with Gasteiger partial charge in [0.15, 0.2) is 0 Å². The molecular formula is C31H58N4O8S. The van der Waals surface area contributed by atoms with Crippen LogP contribution in [0.15, 0.2) is 0 Å². The van der Waals surface area contributed by atoms with Crippen LogP contribution in [0.1, 0.15) is 107 Å². The van der Waals surface area contributed by atoms with Crippen LogP contribution in [0.4, 0.5) is 4.79 Å². The van der Waals surface area contributed by atoms with E-state index in [9.17, 15) is 32.7 Å². The Hall–Kier alpha value is -2.41. The van der Waals surface area contributed by atoms with Gasteiger partial charge in [-0.2, -0.15) is 0 Å². The fraction of sp³-hybridized carbons (Fsp3) is 0.871. The molecule has 1 aliphatic carbocycles. The van der Waals surface area contributed by atoms with Gasteiger partial charge >= 0.3 is 6.09 Å². The maximum atomic E-state index is 13.6. The summed E-state index contributed by atoms with van der Waals surface area (Å²) in [5.41, 5.74) is -0.791. The lowest BCUT2D eigenvalue weighted by molar-refractivity contribution is -0.131. The van der Waals surface area contributed by atoms with Crippen molar-refractivity contribution in [3.05, 3.63) is 0 Å². The summed E-state index contributed by atoms with van der Waals surface area (Å²) < 4.78 is 29.2. The van der Waals surface area contributed by atoms with Gasteiger partial charge < -0.3 is 31.1 Å². The molecule has 5 atom stereocenters. The summed E-state index contributed by atoms with van der Waals surface area (Å²) in [5.74, 6) is -2.63. The summed E-state index contributed by atoms with van der Waals surface area (Å²) in [6.45, 7) is 14.1. The van der Waals surface area contributed by atoms with Crippen LogP contribution in [0.5, 0.6) is 0 Å². The Morgan fingerprint density at radius 1 is 0.864 bits per heavy atom. The Kier molecular flexibility index (Phi) is 16.1. The molecule has 5 N–H and O–H groups in total. The van der Waals surface area contributed by atoms with Gasteiger partial charge in [0, 0.05) is 18.2 Å². The lowest BCUT2D eigenvalue weighted by Crippen LogP contribution is -2.58. The standard InChI is InChI=1S/C31H58N4O8S/c1-19(2)17-24(25(36)18-21(5)27(37)32-22-13-11-10-12-14-22)34-28(38)23(15-16-44(9,41)42)33-29(39)26(20(3)4)35-30(40)43-31(6,7)8/h19-26,36H,10-18H2,1-9H3,(H,32,37)(H,33,39)(H,34,38)(H,35,40)/t21-,23+,24+,25+,26+/m1/s1. The molecule has 44 heavy (non-hydrogen) atoms. The third kappa shape index (κ3) is 16.1. The van der Waals surface area contributed by atoms with E-state index in [1.54, 1.807) is 41.5 Å². The predicted molar refractivity (Wildman–Crippen MR) is 170 cm³/mol. The number of aliphatic hydroxyl groups excluding tert-OH is 1. The van der Waals surface area contributed by atoms with Crippen molar-refractivity contribution in [3.8, 4) is 0 Å². The zero-order valence-electron chi connectivity index (χ0n) is 28.2. The number of carbonyl (C=O) groups excluding carboxylic acids is 4. The highest BCUT2D eigenvalue weighted by atomic mass is 32.2. The average molecular weight is 647 g/mol. The first-order valence-corrected chi connectivity index (χ1v) is 18.0. The molecule has 0 saturated heterocycles. The van der Waals surface area contributed by atoms with Gasteiger partial charge in [0.25, 0.3) is 0 Å². The van der Waals surface area contributed by atoms with Gasteiger partial charge in [0.05, 0.1) is 17.9 Å². The van der Waals surface area contributed by atoms with Crippen LogP contribution in [0.25, 0.3) is 0 Å². The van der Waals surface area contributed by atoms with E-state index in [0.717, 1.165) is 31.9 Å². The molecule has 13 heteroatoms. The number of alkyl carbamates (subject to hydrolysis) is 1. The lowest BCUT2D eigenvalue weighted by Gasteiger charge is -2.31. The van der Waals surface area contributed by atoms with Crippen molar-refractivity contribution in [2.24, 2.45) is 17.8 Å². The van der Waals surface area contributed by atoms with Crippen LogP contribution in [0, 0.1) is 17.8 Å². The van der Waals surface area contributed by atoms with Gasteiger partial charge in [0.1, 0.15) is 27.5 Å². The van der Waals surface area contributed by atoms with Gasteiger partial charge in [-0.15, -0.1) is 0 Å². The van der Waals surface area contributed by atoms with E-state index < -0.39 is 63.5 Å². The van der Waals surface area contributed by atoms with E-state index in [1.165, 1.54) is 6.42 Å². The summed E-state index contributed by atoms with van der Waals surface area (Å²) in [5, 5.41) is 22.2. The number of ether oxygens (including phenoxy) is 1. The molecule has 0 aromatic heterocycles. The topological polar surface area (TPSA) is 180 Å². The molecule has 0 aromatic rings. The Morgan fingerprint density at radius 3 is 1.95 bits per heavy atom. The summed E-state index contributed by atoms with van der Waals surface area (Å²) >= 11 is 0. The Labute approximate surface area is 264 Å². The summed E-state index contributed by atoms with van der Waals surface area (Å²) in [4.78, 5) is 52.1. The Balaban J connectivity index is 3.06. The Bertz CT molecular complexity index is 1050. The van der Waals surface area contributed by atoms with Crippen molar-refractivity contribution in [2.45, 2.75) is 143 Å². The first-order valence-electron chi connectivity index (χ1n) is 15.9. The van der Waals surface area contributed by atoms with E-state index in [2.05, 4.69) is 21.3 Å². The molecule has 1 fully saturated rings. The molecule has 0 bridgehead atoms. The van der Waals surface area contributed by atoms with E-state index in [4.69, 9.17) is 4.74 Å². The van der Waals surface area contributed by atoms with Crippen molar-refractivity contribution in [1.29, 1.82) is 0 Å². The van der Waals surface area contributed by atoms with Crippen LogP contribution < -0.4 is 21.3 Å². The second kappa shape index (κ2) is 17.9. The van der Waals surface area contributed by atoms with Crippen molar-refractivity contribution in [3.63, 3.8) is 0 Å². The average Bonchev–Trinajstić information content (AvgIpc) is 2.87. The number of hydrogen-bond acceptors (Lipinski definition) is 8. The van der Waals surface area contributed by atoms with Gasteiger partial charge in [-0.1, -0.05) is 53.9 Å². The highest BCUT2D eigenvalue weighted by Gasteiger charge is 2.33. The smallest absolute Gasteiger partial charge is 0.408 e. The number of aliphatic hydroxyl groups is 1. The molecule has 0 aromatic carbocycles. The van der Waals surface area contributed by atoms with Crippen LogP contribution >= 0.6 is 0 Å². The second-order valence-corrected chi connectivity index (χ2v) is 16.4. The number of rotatable bonds is 16. The molecule has 1 saturated carbocycles. The predicted octanol–water partition coefficient (Wildman–Crippen LogP) is 2.82. The first kappa shape index (κ1) is 39.6. The van der Waals surface area contributed by atoms with E-state index in [-0.39, 0.29) is 42.4 Å². The number of nitrogens with one attached hydrogen (secondary N) is 4. The first-order chi connectivity index (χ1) is 20.2. The highest BCUT2D eigenvalue weighted by Crippen LogP contribution is 2.20. The van der Waals surface area contributed by atoms with E-state index in [0.29, 0.717) is 6.42 Å². The molecule has 4 amide bonds. The molecule has 0 aliphatic heterocycles. The van der Waals surface area contributed by atoms with Crippen molar-refractivity contribution in [1.82, 2.24) is 21.3 Å². The van der Waals surface area contributed by atoms with Gasteiger partial charge in [0.2, 0.25) is 17.7 Å². The fourth-order valence-corrected chi connectivity index (χ4v) is 5.82. The highest BCUT2D eigenvalue weighted by molar-refractivity contribution is 7.90. The maximum Gasteiger partial charge on any atom is 0.408 e. The SMILES string of the molecule is CC(C)C[C@H](NC(=O)[C@H](CCS(C)(=O)=O)NC(=O)[C@@H](NC(=O)OC(C)(C)C)C(C)C)[C@@H](O)C[C@@H](C)C(=O)NC1CCCCC1. The third-order valence-corrected chi connectivity index (χ3v) is 8.52. The van der Waals surface area contributed by atoms with E-state index in [1.807, 2.05) is 13.8 Å². The van der Waals surface area contributed by atoms with Crippen LogP contribution in [-0.4, -0.2) is 85.2 Å². The molecule has 0 radical (unpaired) electrons. The monoisotopic (exact) mass is 646 g/mol. The summed E-state index contributed by atoms with van der Waals surface area (Å²) in [6.07, 6.45) is 4.69. The van der Waals surface area contributed by atoms with Crippen LogP contribution in [0.2, 0.25) is 0 Å². The molecule has 12 nitrogen and oxygen atoms in total. The largest absolute Gasteiger partial charge is 0.444 e. The minimum atomic E-state index is -3.48. The zero-order valence-corrected chi connectivity index (χ0v) is 29.0. The normalized spacial score (nSPS) is 18.1. The van der Waals surface area contributed by atoms with Crippen molar-refractivity contribution >= 4 is 33.7 Å². The number of carbonyl (C=O) groups is 4. The molecular weight excluding hydrogens is 588 g/mol. The number of sulfone groups is 1. The van der Waals surface area contributed by atoms with Gasteiger partial charge in [-0.3, -0.25) is 14.4 Å². The van der Waals surface area contributed by atoms with Gasteiger partial charge in [-0.25, -0.2) is 13.2 Å². The third-order valence-electron chi connectivity index (χ3n) is 7.54. The second-order valence-electron chi connectivity index (χ2n) is 14.1. The number of amides is 4. The van der Waals surface area contributed by atoms with Gasteiger partial charge in [-0.05, 0) is 64.7 Å². The lowest BCUT2D eigenvalue weighted by atomic mass is 9.91. The van der Waals surface area contributed by atoms with E-state index >= 15 is 0 Å². The van der Waals surface area contributed by atoms with Crippen molar-refractivity contribution < 1.29 is 37.4 Å². The minimum Gasteiger partial charge on any atom is -0.444 e. The molecule has 1 rings (SSSR count). The molecule has 1 aliphatic rings. The van der Waals surface area contributed by atoms with Crippen molar-refractivity contribution in [2.75, 3.05) is 12.0 Å². The number of hydrogen-bond donors (Lipinski definition) is 5. The minimum absolute atomic E-state index is 0.0775. The summed E-state index contributed by atoms with van der Waals surface area (Å²) in [7, 11) is -3.48. The molecule has 0 unspecified atom stereocenters. The fourth-order valence-electron chi connectivity index (χ4n) is 5.16. The zero-order chi connectivity index (χ0) is 33.8. The van der Waals surface area contributed by atoms with Crippen LogP contribution in [-0.2, 0) is 29.0 Å². The molecule has 0 heterocycles.